The maximum atomic E-state index is 12.1. The van der Waals surface area contributed by atoms with Gasteiger partial charge >= 0.3 is 6.61 Å². The Kier molecular flexibility index (Phi) is 5.52. The summed E-state index contributed by atoms with van der Waals surface area (Å²) in [5.74, 6) is 0.0946. The number of anilines is 2. The Morgan fingerprint density at radius 3 is 2.12 bits per heavy atom. The molecule has 0 saturated carbocycles. The predicted octanol–water partition coefficient (Wildman–Crippen LogP) is 5.22. The van der Waals surface area contributed by atoms with Crippen molar-refractivity contribution in [2.24, 2.45) is 0 Å². The van der Waals surface area contributed by atoms with Crippen LogP contribution in [0.4, 0.5) is 20.2 Å². The summed E-state index contributed by atoms with van der Waals surface area (Å²) >= 11 is 6.83. The Balaban J connectivity index is 1.57. The van der Waals surface area contributed by atoms with Gasteiger partial charge in [0.2, 0.25) is 0 Å². The number of rotatable bonds is 5. The number of aromatic nitrogens is 1. The van der Waals surface area contributed by atoms with Gasteiger partial charge in [-0.3, -0.25) is 0 Å². The average molecular weight is 377 g/mol. The predicted molar refractivity (Wildman–Crippen MR) is 100 cm³/mol. The van der Waals surface area contributed by atoms with E-state index in [1.54, 1.807) is 29.7 Å². The van der Waals surface area contributed by atoms with E-state index in [1.807, 2.05) is 29.6 Å². The van der Waals surface area contributed by atoms with E-state index in [-0.39, 0.29) is 5.75 Å². The van der Waals surface area contributed by atoms with Gasteiger partial charge in [-0.2, -0.15) is 8.78 Å². The van der Waals surface area contributed by atoms with Crippen molar-refractivity contribution in [3.63, 3.8) is 0 Å². The van der Waals surface area contributed by atoms with Gasteiger partial charge in [-0.05, 0) is 60.7 Å². The summed E-state index contributed by atoms with van der Waals surface area (Å²) in [6.07, 6.45) is 1.77. The molecule has 4 nitrogen and oxygen atoms in total. The fourth-order valence-electron chi connectivity index (χ4n) is 2.08. The van der Waals surface area contributed by atoms with Gasteiger partial charge in [0.25, 0.3) is 0 Å². The van der Waals surface area contributed by atoms with Crippen molar-refractivity contribution in [1.82, 2.24) is 4.98 Å². The molecule has 0 spiro atoms. The summed E-state index contributed by atoms with van der Waals surface area (Å²) in [4.78, 5) is 4.26. The number of hydrogen-bond acceptors (Lipinski definition) is 4. The molecule has 3 rings (SSSR count). The summed E-state index contributed by atoms with van der Waals surface area (Å²) in [6.45, 7) is -2.84. The van der Waals surface area contributed by atoms with Gasteiger partial charge in [0.15, 0.2) is 5.11 Å². The van der Waals surface area contributed by atoms with Crippen LogP contribution in [0.25, 0.3) is 10.6 Å². The number of hydrogen-bond donors (Lipinski definition) is 2. The lowest BCUT2D eigenvalue weighted by Gasteiger charge is -2.11. The Bertz CT molecular complexity index is 822. The smallest absolute Gasteiger partial charge is 0.387 e. The molecule has 3 aromatic rings. The Morgan fingerprint density at radius 2 is 1.60 bits per heavy atom. The average Bonchev–Trinajstić information content (AvgIpc) is 3.11. The summed E-state index contributed by atoms with van der Waals surface area (Å²) in [7, 11) is 0. The van der Waals surface area contributed by atoms with Crippen LogP contribution in [0.5, 0.6) is 5.75 Å². The Hall–Kier alpha value is -2.58. The minimum absolute atomic E-state index is 0.0946. The zero-order valence-corrected chi connectivity index (χ0v) is 14.4. The molecule has 0 radical (unpaired) electrons. The molecule has 0 bridgehead atoms. The van der Waals surface area contributed by atoms with Crippen LogP contribution in [0.2, 0.25) is 0 Å². The summed E-state index contributed by atoms with van der Waals surface area (Å²) < 4.78 is 28.5. The van der Waals surface area contributed by atoms with E-state index in [1.165, 1.54) is 12.1 Å². The number of ether oxygens (including phenoxy) is 1. The number of benzene rings is 2. The van der Waals surface area contributed by atoms with E-state index >= 15 is 0 Å². The molecule has 0 aliphatic rings. The van der Waals surface area contributed by atoms with Crippen LogP contribution in [-0.2, 0) is 0 Å². The lowest BCUT2D eigenvalue weighted by molar-refractivity contribution is -0.0498. The number of nitrogens with one attached hydrogen (secondary N) is 2. The quantitative estimate of drug-likeness (QED) is 0.597. The molecule has 2 aromatic carbocycles. The first kappa shape index (κ1) is 17.2. The molecule has 128 valence electrons. The first-order valence-electron chi connectivity index (χ1n) is 7.23. The molecule has 8 heteroatoms. The fraction of sp³-hybridized carbons (Fsp3) is 0.0588. The Morgan fingerprint density at radius 1 is 1.00 bits per heavy atom. The maximum Gasteiger partial charge on any atom is 0.387 e. The molecule has 1 aromatic heterocycles. The minimum atomic E-state index is -2.84. The highest BCUT2D eigenvalue weighted by Gasteiger charge is 2.05. The maximum absolute atomic E-state index is 12.1. The number of alkyl halides is 2. The van der Waals surface area contributed by atoms with E-state index in [0.717, 1.165) is 16.3 Å². The van der Waals surface area contributed by atoms with E-state index in [4.69, 9.17) is 12.2 Å². The lowest BCUT2D eigenvalue weighted by atomic mass is 10.2. The van der Waals surface area contributed by atoms with Crippen LogP contribution in [0.15, 0.2) is 60.1 Å². The normalized spacial score (nSPS) is 10.5. The molecule has 0 unspecified atom stereocenters. The van der Waals surface area contributed by atoms with Gasteiger partial charge in [-0.25, -0.2) is 4.98 Å². The van der Waals surface area contributed by atoms with Crippen LogP contribution in [-0.4, -0.2) is 16.7 Å². The minimum Gasteiger partial charge on any atom is -0.435 e. The third-order valence-electron chi connectivity index (χ3n) is 3.16. The molecular weight excluding hydrogens is 364 g/mol. The highest BCUT2D eigenvalue weighted by atomic mass is 32.1. The number of nitrogens with zero attached hydrogens (tertiary/aromatic N) is 1. The van der Waals surface area contributed by atoms with Crippen LogP contribution in [0.1, 0.15) is 0 Å². The molecule has 25 heavy (non-hydrogen) atoms. The topological polar surface area (TPSA) is 46.2 Å². The van der Waals surface area contributed by atoms with E-state index in [0.29, 0.717) is 10.8 Å². The number of thiazole rings is 1. The Labute approximate surface area is 152 Å². The van der Waals surface area contributed by atoms with Crippen molar-refractivity contribution < 1.29 is 13.5 Å². The molecule has 0 amide bonds. The highest BCUT2D eigenvalue weighted by Crippen LogP contribution is 2.23. The van der Waals surface area contributed by atoms with Gasteiger partial charge in [0.05, 0.1) is 0 Å². The molecule has 0 aliphatic carbocycles. The fourth-order valence-corrected chi connectivity index (χ4v) is 2.96. The summed E-state index contributed by atoms with van der Waals surface area (Å²) in [5, 5.41) is 9.32. The van der Waals surface area contributed by atoms with Crippen LogP contribution >= 0.6 is 23.6 Å². The number of thiocarbonyl (C=S) groups is 1. The van der Waals surface area contributed by atoms with Crippen LogP contribution in [0.3, 0.4) is 0 Å². The first-order chi connectivity index (χ1) is 12.1. The van der Waals surface area contributed by atoms with Gasteiger partial charge in [-0.1, -0.05) is 0 Å². The molecular formula is C17H13F2N3OS2. The van der Waals surface area contributed by atoms with Crippen LogP contribution < -0.4 is 15.4 Å². The molecule has 0 atom stereocenters. The van der Waals surface area contributed by atoms with E-state index in [9.17, 15) is 8.78 Å². The van der Waals surface area contributed by atoms with Crippen molar-refractivity contribution >= 4 is 40.0 Å². The SMILES string of the molecule is FC(F)Oc1ccc(NC(=S)Nc2ccc(-c3nccs3)cc2)cc1. The summed E-state index contributed by atoms with van der Waals surface area (Å²) in [5.41, 5.74) is 2.53. The zero-order chi connectivity index (χ0) is 17.6. The third kappa shape index (κ3) is 4.94. The van der Waals surface area contributed by atoms with E-state index in [2.05, 4.69) is 20.4 Å². The zero-order valence-electron chi connectivity index (χ0n) is 12.8. The second kappa shape index (κ2) is 8.00. The van der Waals surface area contributed by atoms with E-state index < -0.39 is 6.61 Å². The molecule has 0 aliphatic heterocycles. The number of halogens is 2. The van der Waals surface area contributed by atoms with Crippen molar-refractivity contribution in [3.8, 4) is 16.3 Å². The highest BCUT2D eigenvalue weighted by molar-refractivity contribution is 7.80. The van der Waals surface area contributed by atoms with Crippen LogP contribution in [0, 0.1) is 0 Å². The van der Waals surface area contributed by atoms with Gasteiger partial charge < -0.3 is 15.4 Å². The molecule has 2 N–H and O–H groups in total. The van der Waals surface area contributed by atoms with Crippen molar-refractivity contribution in [2.45, 2.75) is 6.61 Å². The second-order valence-electron chi connectivity index (χ2n) is 4.90. The largest absolute Gasteiger partial charge is 0.435 e. The summed E-state index contributed by atoms with van der Waals surface area (Å²) in [6, 6.07) is 13.8. The molecule has 0 fully saturated rings. The monoisotopic (exact) mass is 377 g/mol. The third-order valence-corrected chi connectivity index (χ3v) is 4.19. The first-order valence-corrected chi connectivity index (χ1v) is 8.52. The molecule has 0 saturated heterocycles. The van der Waals surface area contributed by atoms with Crippen molar-refractivity contribution in [1.29, 1.82) is 0 Å². The molecule has 1 heterocycles. The lowest BCUT2D eigenvalue weighted by Crippen LogP contribution is -2.18. The standard InChI is InChI=1S/C17H13F2N3OS2/c18-16(19)23-14-7-5-13(6-8-14)22-17(24)21-12-3-1-11(2-4-12)15-20-9-10-25-15/h1-10,16H,(H2,21,22,24). The van der Waals surface area contributed by atoms with Crippen molar-refractivity contribution in [2.75, 3.05) is 10.6 Å². The van der Waals surface area contributed by atoms with Gasteiger partial charge in [0.1, 0.15) is 10.8 Å². The van der Waals surface area contributed by atoms with Gasteiger partial charge in [-0.15, -0.1) is 11.3 Å². The second-order valence-corrected chi connectivity index (χ2v) is 6.20. The van der Waals surface area contributed by atoms with Gasteiger partial charge in [0, 0.05) is 28.5 Å². The van der Waals surface area contributed by atoms with Crippen molar-refractivity contribution in [3.05, 3.63) is 60.1 Å².